The van der Waals surface area contributed by atoms with Gasteiger partial charge in [0.1, 0.15) is 28.6 Å². The highest BCUT2D eigenvalue weighted by atomic mass is 19.3. The van der Waals surface area contributed by atoms with Gasteiger partial charge >= 0.3 is 19.2 Å². The summed E-state index contributed by atoms with van der Waals surface area (Å²) in [4.78, 5) is 24.9. The number of hydrogen-bond acceptors (Lipinski definition) is 10. The average Bonchev–Trinajstić information content (AvgIpc) is 3.86. The van der Waals surface area contributed by atoms with Crippen LogP contribution in [0.5, 0.6) is 11.5 Å². The number of aliphatic hydroxyl groups is 1. The van der Waals surface area contributed by atoms with Crippen LogP contribution in [0.3, 0.4) is 0 Å². The molecule has 0 amide bonds. The van der Waals surface area contributed by atoms with Crippen LogP contribution in [0, 0.1) is 13.8 Å². The number of fused-ring (bicyclic) bond motifs is 2. The standard InChI is InChI=1S/C41H38F4N4O7/c1-21-25(7-4-9-27(21)36-46-29-13-23(17-48-19-41(3,52)20-48)32(55-39(42)43)15-34(29)53-36)26-8-5-10-28(22(26)2)37-47-30-14-24(18-49-12-6-11-31(49)38(50)51)33(56-40(44)45)16-35(30)54-37/h4-5,7-10,13-16,31,39-40,52H,6,11-12,17-20H2,1-3H3,(H,50,51)/t31-/m0/s1. The number of carboxylic acid groups (broad SMARTS) is 1. The second kappa shape index (κ2) is 14.5. The van der Waals surface area contributed by atoms with Crippen LogP contribution < -0.4 is 9.47 Å². The van der Waals surface area contributed by atoms with Crippen molar-refractivity contribution in [1.29, 1.82) is 0 Å². The van der Waals surface area contributed by atoms with Crippen molar-refractivity contribution >= 4 is 28.2 Å². The third-order valence-corrected chi connectivity index (χ3v) is 10.5. The van der Waals surface area contributed by atoms with Gasteiger partial charge in [0.25, 0.3) is 0 Å². The quantitative estimate of drug-likeness (QED) is 0.116. The third-order valence-electron chi connectivity index (χ3n) is 10.5. The van der Waals surface area contributed by atoms with Crippen molar-refractivity contribution in [2.75, 3.05) is 19.6 Å². The van der Waals surface area contributed by atoms with Crippen LogP contribution in [-0.2, 0) is 17.9 Å². The number of likely N-dealkylation sites (tertiary alicyclic amines) is 2. The highest BCUT2D eigenvalue weighted by Crippen LogP contribution is 2.40. The highest BCUT2D eigenvalue weighted by molar-refractivity contribution is 5.85. The zero-order valence-corrected chi connectivity index (χ0v) is 30.7. The van der Waals surface area contributed by atoms with Crippen molar-refractivity contribution in [2.24, 2.45) is 0 Å². The number of ether oxygens (including phenoxy) is 2. The number of oxazole rings is 2. The van der Waals surface area contributed by atoms with Crippen molar-refractivity contribution in [2.45, 2.75) is 71.6 Å². The molecule has 11 nitrogen and oxygen atoms in total. The lowest BCUT2D eigenvalue weighted by Gasteiger charge is -2.44. The number of carbonyl (C=O) groups is 1. The molecule has 0 saturated carbocycles. The van der Waals surface area contributed by atoms with Gasteiger partial charge in [0.15, 0.2) is 11.2 Å². The summed E-state index contributed by atoms with van der Waals surface area (Å²) in [6.07, 6.45) is 1.15. The van der Waals surface area contributed by atoms with Gasteiger partial charge in [-0.15, -0.1) is 0 Å². The van der Waals surface area contributed by atoms with Gasteiger partial charge < -0.3 is 28.5 Å². The molecule has 2 fully saturated rings. The highest BCUT2D eigenvalue weighted by Gasteiger charge is 2.37. The summed E-state index contributed by atoms with van der Waals surface area (Å²) in [6.45, 7) is 1.12. The maximum Gasteiger partial charge on any atom is 0.387 e. The Hall–Kier alpha value is -5.51. The van der Waals surface area contributed by atoms with Crippen molar-refractivity contribution in [3.8, 4) is 45.5 Å². The molecular weight excluding hydrogens is 736 g/mol. The SMILES string of the molecule is Cc1c(-c2nc3cc(CN4CC(C)(O)C4)c(OC(F)F)cc3o2)cccc1-c1cccc(-c2nc3cc(CN4CCC[C@H]4C(=O)O)c(OC(F)F)cc3o2)c1C. The predicted molar refractivity (Wildman–Crippen MR) is 198 cm³/mol. The van der Waals surface area contributed by atoms with Gasteiger partial charge in [-0.05, 0) is 86.7 Å². The molecule has 2 aromatic heterocycles. The van der Waals surface area contributed by atoms with Gasteiger partial charge in [0, 0.05) is 60.6 Å². The summed E-state index contributed by atoms with van der Waals surface area (Å²) in [7, 11) is 0. The second-order valence-corrected chi connectivity index (χ2v) is 14.7. The van der Waals surface area contributed by atoms with Crippen molar-refractivity contribution in [3.05, 3.63) is 82.9 Å². The van der Waals surface area contributed by atoms with Gasteiger partial charge in [-0.1, -0.05) is 24.3 Å². The fourth-order valence-corrected chi connectivity index (χ4v) is 7.99. The van der Waals surface area contributed by atoms with Crippen LogP contribution in [0.1, 0.15) is 42.0 Å². The number of halogens is 4. The lowest BCUT2D eigenvalue weighted by atomic mass is 9.91. The summed E-state index contributed by atoms with van der Waals surface area (Å²) in [5.41, 5.74) is 6.16. The van der Waals surface area contributed by atoms with E-state index in [0.29, 0.717) is 71.7 Å². The summed E-state index contributed by atoms with van der Waals surface area (Å²) < 4.78 is 75.8. The topological polar surface area (TPSA) is 135 Å². The van der Waals surface area contributed by atoms with Gasteiger partial charge in [0.2, 0.25) is 11.8 Å². The molecule has 2 saturated heterocycles. The first kappa shape index (κ1) is 37.4. The molecule has 56 heavy (non-hydrogen) atoms. The molecule has 2 aliphatic heterocycles. The summed E-state index contributed by atoms with van der Waals surface area (Å²) in [6, 6.07) is 16.7. The largest absolute Gasteiger partial charge is 0.480 e. The minimum Gasteiger partial charge on any atom is -0.480 e. The lowest BCUT2D eigenvalue weighted by Crippen LogP contribution is -2.59. The van der Waals surface area contributed by atoms with Gasteiger partial charge in [-0.25, -0.2) is 9.97 Å². The number of β-amino-alcohol motifs (C(OH)–C–C–N with tert-alkyl or cyclic N) is 1. The van der Waals surface area contributed by atoms with E-state index in [0.717, 1.165) is 22.3 Å². The Bertz CT molecular complexity index is 2460. The molecule has 0 aliphatic carbocycles. The van der Waals surface area contributed by atoms with Crippen LogP contribution in [0.25, 0.3) is 56.2 Å². The van der Waals surface area contributed by atoms with Crippen molar-refractivity contribution < 1.29 is 50.9 Å². The van der Waals surface area contributed by atoms with E-state index in [9.17, 15) is 32.6 Å². The first-order valence-corrected chi connectivity index (χ1v) is 18.1. The first-order chi connectivity index (χ1) is 26.7. The number of alkyl halides is 4. The van der Waals surface area contributed by atoms with Gasteiger partial charge in [0.05, 0.1) is 5.60 Å². The smallest absolute Gasteiger partial charge is 0.387 e. The van der Waals surface area contributed by atoms with Gasteiger partial charge in [-0.2, -0.15) is 17.6 Å². The number of nitrogens with zero attached hydrogens (tertiary/aromatic N) is 4. The maximum absolute atomic E-state index is 13.5. The number of benzene rings is 4. The van der Waals surface area contributed by atoms with E-state index >= 15 is 0 Å². The van der Waals surface area contributed by atoms with E-state index in [1.54, 1.807) is 24.0 Å². The predicted octanol–water partition coefficient (Wildman–Crippen LogP) is 8.41. The normalized spacial score (nSPS) is 17.4. The van der Waals surface area contributed by atoms with Crippen molar-refractivity contribution in [1.82, 2.24) is 19.8 Å². The Balaban J connectivity index is 1.12. The van der Waals surface area contributed by atoms with E-state index in [2.05, 4.69) is 0 Å². The minimum atomic E-state index is -3.10. The van der Waals surface area contributed by atoms with E-state index in [-0.39, 0.29) is 41.6 Å². The monoisotopic (exact) mass is 774 g/mol. The molecule has 1 atom stereocenters. The number of hydrogen-bond donors (Lipinski definition) is 2. The van der Waals surface area contributed by atoms with E-state index in [1.165, 1.54) is 12.1 Å². The molecule has 292 valence electrons. The third kappa shape index (κ3) is 7.29. The molecular formula is C41H38F4N4O7. The summed E-state index contributed by atoms with van der Waals surface area (Å²) >= 11 is 0. The average molecular weight is 775 g/mol. The zero-order valence-electron chi connectivity index (χ0n) is 30.7. The van der Waals surface area contributed by atoms with Crippen LogP contribution in [0.4, 0.5) is 17.6 Å². The van der Waals surface area contributed by atoms with Crippen LogP contribution in [0.2, 0.25) is 0 Å². The molecule has 2 N–H and O–H groups in total. The Kier molecular flexibility index (Phi) is 9.71. The number of aromatic nitrogens is 2. The van der Waals surface area contributed by atoms with Crippen LogP contribution >= 0.6 is 0 Å². The molecule has 8 rings (SSSR count). The Labute approximate surface area is 318 Å². The summed E-state index contributed by atoms with van der Waals surface area (Å²) in [5.74, 6) is -0.542. The van der Waals surface area contributed by atoms with Crippen molar-refractivity contribution in [3.63, 3.8) is 0 Å². The molecule has 0 bridgehead atoms. The van der Waals surface area contributed by atoms with Crippen LogP contribution in [0.15, 0.2) is 69.5 Å². The molecule has 4 heterocycles. The lowest BCUT2D eigenvalue weighted by molar-refractivity contribution is -0.142. The minimum absolute atomic E-state index is 0.0220. The van der Waals surface area contributed by atoms with Gasteiger partial charge in [-0.3, -0.25) is 14.6 Å². The second-order valence-electron chi connectivity index (χ2n) is 14.7. The summed E-state index contributed by atoms with van der Waals surface area (Å²) in [5, 5.41) is 19.8. The van der Waals surface area contributed by atoms with E-state index < -0.39 is 30.8 Å². The fraction of sp³-hybridized carbons (Fsp3) is 0.341. The fourth-order valence-electron chi connectivity index (χ4n) is 7.99. The Morgan fingerprint density at radius 1 is 0.821 bits per heavy atom. The van der Waals surface area contributed by atoms with E-state index in [4.69, 9.17) is 28.3 Å². The number of aliphatic carboxylic acids is 1. The molecule has 2 aliphatic rings. The molecule has 4 aromatic carbocycles. The van der Waals surface area contributed by atoms with Crippen LogP contribution in [-0.4, -0.2) is 80.5 Å². The van der Waals surface area contributed by atoms with E-state index in [1.807, 2.05) is 55.1 Å². The Morgan fingerprint density at radius 2 is 1.30 bits per heavy atom. The zero-order chi connectivity index (χ0) is 39.5. The molecule has 0 unspecified atom stereocenters. The number of carboxylic acids is 1. The maximum atomic E-state index is 13.5. The Morgan fingerprint density at radius 3 is 1.77 bits per heavy atom. The molecule has 6 aromatic rings. The number of rotatable bonds is 12. The first-order valence-electron chi connectivity index (χ1n) is 18.1. The molecule has 0 radical (unpaired) electrons. The molecule has 15 heteroatoms. The molecule has 0 spiro atoms.